The zero-order valence-corrected chi connectivity index (χ0v) is 12.6. The Morgan fingerprint density at radius 2 is 1.89 bits per heavy atom. The fraction of sp³-hybridized carbons (Fsp3) is 0.846. The molecular weight excluding hydrogens is 264 g/mol. The molecule has 0 aromatic rings. The summed E-state index contributed by atoms with van der Waals surface area (Å²) in [4.78, 5) is 27.4. The highest BCUT2D eigenvalue weighted by Crippen LogP contribution is 2.34. The van der Waals surface area contributed by atoms with Gasteiger partial charge < -0.3 is 14.9 Å². The lowest BCUT2D eigenvalue weighted by molar-refractivity contribution is -0.147. The van der Waals surface area contributed by atoms with Gasteiger partial charge in [-0.2, -0.15) is 11.8 Å². The third kappa shape index (κ3) is 2.68. The van der Waals surface area contributed by atoms with Crippen LogP contribution in [0.15, 0.2) is 0 Å². The van der Waals surface area contributed by atoms with E-state index >= 15 is 0 Å². The molecule has 2 aliphatic rings. The maximum atomic E-state index is 12.6. The summed E-state index contributed by atoms with van der Waals surface area (Å²) < 4.78 is 0.0489. The number of aliphatic carboxylic acids is 1. The maximum Gasteiger partial charge on any atom is 0.329 e. The first-order valence-corrected chi connectivity index (χ1v) is 7.69. The van der Waals surface area contributed by atoms with Gasteiger partial charge in [0, 0.05) is 30.1 Å². The first-order valence-electron chi connectivity index (χ1n) is 6.70. The molecule has 2 heterocycles. The molecule has 0 aliphatic carbocycles. The topological polar surface area (TPSA) is 60.9 Å². The van der Waals surface area contributed by atoms with E-state index in [0.717, 1.165) is 12.2 Å². The molecule has 0 saturated carbocycles. The zero-order valence-electron chi connectivity index (χ0n) is 11.8. The van der Waals surface area contributed by atoms with Gasteiger partial charge in [0.1, 0.15) is 5.54 Å². The van der Waals surface area contributed by atoms with Crippen molar-refractivity contribution in [2.24, 2.45) is 0 Å². The van der Waals surface area contributed by atoms with E-state index < -0.39 is 11.5 Å². The largest absolute Gasteiger partial charge is 0.480 e. The predicted octanol–water partition coefficient (Wildman–Crippen LogP) is 1.87. The lowest BCUT2D eigenvalue weighted by atomic mass is 9.99. The highest BCUT2D eigenvalue weighted by atomic mass is 32.2. The lowest BCUT2D eigenvalue weighted by Crippen LogP contribution is -2.58. The highest BCUT2D eigenvalue weighted by molar-refractivity contribution is 8.00. The van der Waals surface area contributed by atoms with Crippen LogP contribution in [0, 0.1) is 0 Å². The predicted molar refractivity (Wildman–Crippen MR) is 75.5 cm³/mol. The van der Waals surface area contributed by atoms with Crippen molar-refractivity contribution >= 4 is 23.8 Å². The summed E-state index contributed by atoms with van der Waals surface area (Å²) in [6.07, 6.45) is 1.31. The van der Waals surface area contributed by atoms with Crippen LogP contribution in [0.1, 0.15) is 33.6 Å². The third-order valence-electron chi connectivity index (χ3n) is 4.03. The number of hydrogen-bond acceptors (Lipinski definition) is 3. The minimum Gasteiger partial charge on any atom is -0.480 e. The maximum absolute atomic E-state index is 12.6. The molecular formula is C13H22N2O3S. The summed E-state index contributed by atoms with van der Waals surface area (Å²) in [6, 6.07) is -0.115. The minimum absolute atomic E-state index is 0.0489. The molecule has 0 aromatic carbocycles. The second kappa shape index (κ2) is 4.89. The number of carboxylic acid groups (broad SMARTS) is 1. The number of carbonyl (C=O) groups is 2. The normalized spacial score (nSPS) is 30.5. The van der Waals surface area contributed by atoms with Crippen molar-refractivity contribution in [3.8, 4) is 0 Å². The number of hydrogen-bond donors (Lipinski definition) is 1. The molecule has 19 heavy (non-hydrogen) atoms. The number of nitrogens with zero attached hydrogens (tertiary/aromatic N) is 2. The van der Waals surface area contributed by atoms with Crippen LogP contribution in [0.5, 0.6) is 0 Å². The Hall–Kier alpha value is -0.910. The van der Waals surface area contributed by atoms with Gasteiger partial charge in [0.15, 0.2) is 0 Å². The van der Waals surface area contributed by atoms with Crippen LogP contribution in [-0.2, 0) is 4.79 Å². The Bertz CT molecular complexity index is 399. The molecule has 2 amide bonds. The van der Waals surface area contributed by atoms with Crippen molar-refractivity contribution in [1.82, 2.24) is 9.80 Å². The minimum atomic E-state index is -1.04. The summed E-state index contributed by atoms with van der Waals surface area (Å²) in [5, 5.41) is 9.38. The standard InChI is InChI=1S/C13H22N2O3S/c1-12(2)9-14(7-8-19-12)11(18)15-6-4-5-13(15,3)10(16)17/h4-9H2,1-3H3,(H,16,17). The van der Waals surface area contributed by atoms with E-state index in [1.807, 2.05) is 16.7 Å². The summed E-state index contributed by atoms with van der Waals surface area (Å²) in [7, 11) is 0. The molecule has 1 atom stereocenters. The van der Waals surface area contributed by atoms with E-state index in [-0.39, 0.29) is 10.8 Å². The van der Waals surface area contributed by atoms with Gasteiger partial charge in [-0.05, 0) is 33.6 Å². The fourth-order valence-electron chi connectivity index (χ4n) is 2.84. The van der Waals surface area contributed by atoms with Crippen molar-refractivity contribution in [2.75, 3.05) is 25.4 Å². The highest BCUT2D eigenvalue weighted by Gasteiger charge is 2.47. The molecule has 0 spiro atoms. The van der Waals surface area contributed by atoms with Gasteiger partial charge in [-0.25, -0.2) is 9.59 Å². The van der Waals surface area contributed by atoms with Crippen LogP contribution < -0.4 is 0 Å². The van der Waals surface area contributed by atoms with Gasteiger partial charge in [-0.1, -0.05) is 0 Å². The molecule has 5 nitrogen and oxygen atoms in total. The Kier molecular flexibility index (Phi) is 3.73. The summed E-state index contributed by atoms with van der Waals surface area (Å²) in [6.45, 7) is 7.84. The van der Waals surface area contributed by atoms with Crippen LogP contribution in [0.4, 0.5) is 4.79 Å². The van der Waals surface area contributed by atoms with Crippen molar-refractivity contribution in [2.45, 2.75) is 43.9 Å². The molecule has 2 aliphatic heterocycles. The molecule has 1 unspecified atom stereocenters. The van der Waals surface area contributed by atoms with E-state index in [9.17, 15) is 14.7 Å². The molecule has 6 heteroatoms. The van der Waals surface area contributed by atoms with Gasteiger partial charge >= 0.3 is 12.0 Å². The molecule has 2 rings (SSSR count). The third-order valence-corrected chi connectivity index (χ3v) is 5.33. The van der Waals surface area contributed by atoms with Crippen LogP contribution in [0.2, 0.25) is 0 Å². The van der Waals surface area contributed by atoms with Gasteiger partial charge in [0.05, 0.1) is 0 Å². The lowest BCUT2D eigenvalue weighted by Gasteiger charge is -2.41. The van der Waals surface area contributed by atoms with E-state index in [4.69, 9.17) is 0 Å². The number of urea groups is 1. The quantitative estimate of drug-likeness (QED) is 0.799. The van der Waals surface area contributed by atoms with Crippen molar-refractivity contribution in [3.05, 3.63) is 0 Å². The van der Waals surface area contributed by atoms with Gasteiger partial charge in [-0.3, -0.25) is 0 Å². The zero-order chi connectivity index (χ0) is 14.3. The first-order chi connectivity index (χ1) is 8.76. The molecule has 2 saturated heterocycles. The number of likely N-dealkylation sites (tertiary alicyclic amines) is 1. The molecule has 0 aromatic heterocycles. The number of thioether (sulfide) groups is 1. The second-order valence-corrected chi connectivity index (χ2v) is 7.95. The van der Waals surface area contributed by atoms with E-state index in [1.54, 1.807) is 11.8 Å². The first kappa shape index (κ1) is 14.5. The Morgan fingerprint density at radius 3 is 2.47 bits per heavy atom. The van der Waals surface area contributed by atoms with Crippen molar-refractivity contribution < 1.29 is 14.7 Å². The average Bonchev–Trinajstić information content (AvgIpc) is 2.70. The van der Waals surface area contributed by atoms with Gasteiger partial charge in [0.25, 0.3) is 0 Å². The smallest absolute Gasteiger partial charge is 0.329 e. The molecule has 0 radical (unpaired) electrons. The number of rotatable bonds is 1. The Morgan fingerprint density at radius 1 is 1.21 bits per heavy atom. The summed E-state index contributed by atoms with van der Waals surface area (Å²) in [5.74, 6) is 0.0140. The monoisotopic (exact) mass is 286 g/mol. The number of carboxylic acids is 1. The van der Waals surface area contributed by atoms with Gasteiger partial charge in [0.2, 0.25) is 0 Å². The Labute approximate surface area is 118 Å². The Balaban J connectivity index is 2.13. The van der Waals surface area contributed by atoms with Crippen molar-refractivity contribution in [3.63, 3.8) is 0 Å². The number of carbonyl (C=O) groups excluding carboxylic acids is 1. The molecule has 1 N–H and O–H groups in total. The summed E-state index contributed by atoms with van der Waals surface area (Å²) in [5.41, 5.74) is -1.04. The number of amides is 2. The second-order valence-electron chi connectivity index (χ2n) is 6.15. The van der Waals surface area contributed by atoms with E-state index in [1.165, 1.54) is 0 Å². The van der Waals surface area contributed by atoms with Gasteiger partial charge in [-0.15, -0.1) is 0 Å². The van der Waals surface area contributed by atoms with E-state index in [2.05, 4.69) is 13.8 Å². The molecule has 0 bridgehead atoms. The van der Waals surface area contributed by atoms with E-state index in [0.29, 0.717) is 26.1 Å². The van der Waals surface area contributed by atoms with Crippen LogP contribution in [0.25, 0.3) is 0 Å². The fourth-order valence-corrected chi connectivity index (χ4v) is 3.95. The SMILES string of the molecule is CC1(C)CN(C(=O)N2CCCC2(C)C(=O)O)CCS1. The summed E-state index contributed by atoms with van der Waals surface area (Å²) >= 11 is 1.86. The molecule has 2 fully saturated rings. The molecule has 108 valence electrons. The van der Waals surface area contributed by atoms with Crippen molar-refractivity contribution in [1.29, 1.82) is 0 Å². The average molecular weight is 286 g/mol. The van der Waals surface area contributed by atoms with Crippen LogP contribution in [0.3, 0.4) is 0 Å². The van der Waals surface area contributed by atoms with Crippen LogP contribution in [-0.4, -0.2) is 62.6 Å². The van der Waals surface area contributed by atoms with Crippen LogP contribution >= 0.6 is 11.8 Å².